The molecule has 3 aromatic rings. The molecule has 0 radical (unpaired) electrons. The molecule has 0 aliphatic carbocycles. The van der Waals surface area contributed by atoms with Crippen LogP contribution in [0.3, 0.4) is 0 Å². The molecule has 0 aromatic heterocycles. The van der Waals surface area contributed by atoms with E-state index in [0.29, 0.717) is 16.7 Å². The van der Waals surface area contributed by atoms with Gasteiger partial charge in [-0.2, -0.15) is 0 Å². The van der Waals surface area contributed by atoms with Crippen molar-refractivity contribution < 1.29 is 38.7 Å². The second-order valence-corrected chi connectivity index (χ2v) is 8.00. The van der Waals surface area contributed by atoms with Crippen molar-refractivity contribution in [3.63, 3.8) is 0 Å². The highest BCUT2D eigenvalue weighted by atomic mass is 16.7. The predicted octanol–water partition coefficient (Wildman–Crippen LogP) is 2.91. The summed E-state index contributed by atoms with van der Waals surface area (Å²) in [5.41, 5.74) is 1.34. The summed E-state index contributed by atoms with van der Waals surface area (Å²) in [6.07, 6.45) is -5.82. The lowest BCUT2D eigenvalue weighted by Gasteiger charge is -2.41. The maximum Gasteiger partial charge on any atom is 0.338 e. The summed E-state index contributed by atoms with van der Waals surface area (Å²) in [4.78, 5) is 24.6. The molecule has 3 aromatic carbocycles. The highest BCUT2D eigenvalue weighted by molar-refractivity contribution is 5.89. The number of esters is 2. The molecule has 8 heteroatoms. The van der Waals surface area contributed by atoms with Crippen LogP contribution in [0.5, 0.6) is 0 Å². The van der Waals surface area contributed by atoms with E-state index in [0.717, 1.165) is 0 Å². The number of carbonyl (C=O) groups is 2. The molecule has 5 atom stereocenters. The summed E-state index contributed by atoms with van der Waals surface area (Å²) in [6, 6.07) is 25.8. The van der Waals surface area contributed by atoms with Crippen molar-refractivity contribution >= 4 is 11.9 Å². The third-order valence-electron chi connectivity index (χ3n) is 5.53. The SMILES string of the molecule is O=C(OC[C@@H](O)[C@@H]1O[C@H](c2ccccc2)O[C@@H](COC(=O)c2ccccc2)[C@@H]1O)c1ccccc1. The fraction of sp³-hybridized carbons (Fsp3) is 0.259. The molecule has 0 saturated carbocycles. The zero-order valence-electron chi connectivity index (χ0n) is 18.8. The lowest BCUT2D eigenvalue weighted by atomic mass is 10.0. The topological polar surface area (TPSA) is 112 Å². The van der Waals surface area contributed by atoms with Crippen LogP contribution in [-0.2, 0) is 18.9 Å². The predicted molar refractivity (Wildman–Crippen MR) is 124 cm³/mol. The largest absolute Gasteiger partial charge is 0.459 e. The molecule has 0 bridgehead atoms. The van der Waals surface area contributed by atoms with E-state index in [4.69, 9.17) is 18.9 Å². The van der Waals surface area contributed by atoms with E-state index in [1.807, 2.05) is 6.07 Å². The van der Waals surface area contributed by atoms with Crippen LogP contribution < -0.4 is 0 Å². The van der Waals surface area contributed by atoms with Crippen LogP contribution in [0.1, 0.15) is 32.6 Å². The quantitative estimate of drug-likeness (QED) is 0.476. The van der Waals surface area contributed by atoms with E-state index in [1.54, 1.807) is 84.9 Å². The van der Waals surface area contributed by atoms with E-state index in [9.17, 15) is 19.8 Å². The van der Waals surface area contributed by atoms with Gasteiger partial charge in [-0.25, -0.2) is 9.59 Å². The lowest BCUT2D eigenvalue weighted by Crippen LogP contribution is -2.55. The minimum absolute atomic E-state index is 0.269. The Balaban J connectivity index is 1.44. The van der Waals surface area contributed by atoms with Gasteiger partial charge < -0.3 is 29.2 Å². The Labute approximate surface area is 202 Å². The normalized spacial score (nSPS) is 22.7. The Morgan fingerprint density at radius 3 is 1.86 bits per heavy atom. The van der Waals surface area contributed by atoms with Gasteiger partial charge in [0.2, 0.25) is 0 Å². The molecule has 182 valence electrons. The standard InChI is InChI=1S/C27H26O8/c28-21(16-32-25(30)18-10-4-1-5-11-18)24-23(29)22(17-33-26(31)19-12-6-2-7-13-19)34-27(35-24)20-14-8-3-9-15-20/h1-15,21-24,27-29H,16-17H2/t21-,22+,23+,24+,27-/m1/s1. The highest BCUT2D eigenvalue weighted by Crippen LogP contribution is 2.32. The maximum absolute atomic E-state index is 12.4. The van der Waals surface area contributed by atoms with Gasteiger partial charge in [-0.05, 0) is 24.3 Å². The van der Waals surface area contributed by atoms with Crippen LogP contribution in [0.15, 0.2) is 91.0 Å². The first kappa shape index (κ1) is 24.6. The Morgan fingerprint density at radius 1 is 0.771 bits per heavy atom. The Hall–Kier alpha value is -3.56. The average Bonchev–Trinajstić information content (AvgIpc) is 2.92. The number of rotatable bonds is 8. The maximum atomic E-state index is 12.4. The molecule has 1 aliphatic heterocycles. The summed E-state index contributed by atoms with van der Waals surface area (Å²) >= 11 is 0. The number of benzene rings is 3. The molecular formula is C27H26O8. The fourth-order valence-corrected chi connectivity index (χ4v) is 3.66. The molecule has 4 rings (SSSR count). The minimum atomic E-state index is -1.36. The van der Waals surface area contributed by atoms with E-state index < -0.39 is 49.3 Å². The van der Waals surface area contributed by atoms with E-state index in [1.165, 1.54) is 0 Å². The van der Waals surface area contributed by atoms with E-state index >= 15 is 0 Å². The summed E-state index contributed by atoms with van der Waals surface area (Å²) in [6.45, 7) is -0.678. The third-order valence-corrected chi connectivity index (χ3v) is 5.53. The molecular weight excluding hydrogens is 452 g/mol. The van der Waals surface area contributed by atoms with Crippen molar-refractivity contribution in [1.82, 2.24) is 0 Å². The number of carbonyl (C=O) groups excluding carboxylic acids is 2. The van der Waals surface area contributed by atoms with Crippen molar-refractivity contribution in [2.24, 2.45) is 0 Å². The van der Waals surface area contributed by atoms with Crippen molar-refractivity contribution in [1.29, 1.82) is 0 Å². The first-order valence-corrected chi connectivity index (χ1v) is 11.2. The van der Waals surface area contributed by atoms with Gasteiger partial charge in [0.25, 0.3) is 0 Å². The average molecular weight is 478 g/mol. The second kappa shape index (κ2) is 11.7. The van der Waals surface area contributed by atoms with Gasteiger partial charge in [-0.15, -0.1) is 0 Å². The second-order valence-electron chi connectivity index (χ2n) is 8.00. The first-order valence-electron chi connectivity index (χ1n) is 11.2. The molecule has 1 aliphatic rings. The smallest absolute Gasteiger partial charge is 0.338 e. The van der Waals surface area contributed by atoms with Crippen LogP contribution in [-0.4, -0.2) is 59.8 Å². The minimum Gasteiger partial charge on any atom is -0.459 e. The lowest BCUT2D eigenvalue weighted by molar-refractivity contribution is -0.310. The fourth-order valence-electron chi connectivity index (χ4n) is 3.66. The van der Waals surface area contributed by atoms with Gasteiger partial charge in [0.15, 0.2) is 6.29 Å². The molecule has 1 saturated heterocycles. The summed E-state index contributed by atoms with van der Waals surface area (Å²) < 4.78 is 22.3. The van der Waals surface area contributed by atoms with Crippen LogP contribution in [0.2, 0.25) is 0 Å². The Morgan fingerprint density at radius 2 is 1.29 bits per heavy atom. The molecule has 1 fully saturated rings. The van der Waals surface area contributed by atoms with Crippen molar-refractivity contribution in [2.75, 3.05) is 13.2 Å². The van der Waals surface area contributed by atoms with Crippen molar-refractivity contribution in [3.05, 3.63) is 108 Å². The molecule has 0 spiro atoms. The molecule has 2 N–H and O–H groups in total. The monoisotopic (exact) mass is 478 g/mol. The Bertz CT molecular complexity index is 1090. The third kappa shape index (κ3) is 6.32. The molecule has 0 unspecified atom stereocenters. The van der Waals surface area contributed by atoms with E-state index in [2.05, 4.69) is 0 Å². The number of aliphatic hydroxyl groups is 2. The molecule has 8 nitrogen and oxygen atoms in total. The number of hydrogen-bond donors (Lipinski definition) is 2. The summed E-state index contributed by atoms with van der Waals surface area (Å²) in [5.74, 6) is -1.18. The molecule has 35 heavy (non-hydrogen) atoms. The van der Waals surface area contributed by atoms with Gasteiger partial charge in [0.05, 0.1) is 11.1 Å². The Kier molecular flexibility index (Phi) is 8.23. The van der Waals surface area contributed by atoms with Gasteiger partial charge >= 0.3 is 11.9 Å². The van der Waals surface area contributed by atoms with Crippen molar-refractivity contribution in [2.45, 2.75) is 30.7 Å². The van der Waals surface area contributed by atoms with Crippen LogP contribution in [0.25, 0.3) is 0 Å². The van der Waals surface area contributed by atoms with Gasteiger partial charge in [-0.1, -0.05) is 66.7 Å². The van der Waals surface area contributed by atoms with Crippen molar-refractivity contribution in [3.8, 4) is 0 Å². The zero-order valence-corrected chi connectivity index (χ0v) is 18.8. The van der Waals surface area contributed by atoms with Crippen LogP contribution in [0.4, 0.5) is 0 Å². The van der Waals surface area contributed by atoms with Gasteiger partial charge in [0.1, 0.15) is 37.6 Å². The highest BCUT2D eigenvalue weighted by Gasteiger charge is 2.43. The summed E-state index contributed by atoms with van der Waals surface area (Å²) in [7, 11) is 0. The molecule has 1 heterocycles. The first-order chi connectivity index (χ1) is 17.0. The summed E-state index contributed by atoms with van der Waals surface area (Å²) in [5, 5.41) is 21.6. The molecule has 0 amide bonds. The van der Waals surface area contributed by atoms with Gasteiger partial charge in [0, 0.05) is 5.56 Å². The number of hydrogen-bond acceptors (Lipinski definition) is 8. The number of ether oxygens (including phenoxy) is 4. The van der Waals surface area contributed by atoms with Crippen LogP contribution in [0, 0.1) is 0 Å². The van der Waals surface area contributed by atoms with Gasteiger partial charge in [-0.3, -0.25) is 0 Å². The van der Waals surface area contributed by atoms with E-state index in [-0.39, 0.29) is 6.61 Å². The zero-order chi connectivity index (χ0) is 24.6. The number of aliphatic hydroxyl groups excluding tert-OH is 2. The van der Waals surface area contributed by atoms with Crippen LogP contribution >= 0.6 is 0 Å².